The summed E-state index contributed by atoms with van der Waals surface area (Å²) in [5.74, 6) is 1.48. The number of primary amides is 1. The number of amides is 1. The van der Waals surface area contributed by atoms with Crippen molar-refractivity contribution in [3.63, 3.8) is 0 Å². The van der Waals surface area contributed by atoms with E-state index in [0.29, 0.717) is 44.4 Å². The SMILES string of the molecule is Cc1nc(Nc2nc(-c3c(C)cccc3Cl)c(C(N)=O)s2)cc(N2CCN(CCCCCC(C=O)NO)CC2)n1. The standard InChI is InChI=1S/C27H35ClN8O3S/c1-17-7-6-9-20(28)23(17)24-25(26(29)38)40-27(33-24)32-21-15-22(31-18(2)30-21)36-13-11-35(12-14-36)10-5-3-4-8-19(16-37)34-39/h6-7,9,15-16,19,34,39H,3-5,8,10-14H2,1-2H3,(H2,29,38)(H,30,31,32,33). The van der Waals surface area contributed by atoms with Gasteiger partial charge in [0.25, 0.3) is 5.91 Å². The van der Waals surface area contributed by atoms with Crippen molar-refractivity contribution in [3.8, 4) is 11.3 Å². The van der Waals surface area contributed by atoms with E-state index in [9.17, 15) is 9.59 Å². The number of halogens is 1. The fraction of sp³-hybridized carbons (Fsp3) is 0.444. The molecule has 1 saturated heterocycles. The Kier molecular flexibility index (Phi) is 10.4. The topological polar surface area (TPSA) is 150 Å². The van der Waals surface area contributed by atoms with Crippen LogP contribution in [0.2, 0.25) is 5.02 Å². The Balaban J connectivity index is 1.38. The van der Waals surface area contributed by atoms with Gasteiger partial charge in [0.15, 0.2) is 5.13 Å². The number of carbonyl (C=O) groups excluding carboxylic acids is 2. The normalized spacial score (nSPS) is 14.8. The molecular formula is C27H35ClN8O3S. The second kappa shape index (κ2) is 14.0. The third-order valence-electron chi connectivity index (χ3n) is 6.88. The Hall–Kier alpha value is -3.16. The molecule has 0 bridgehead atoms. The number of aldehydes is 1. The third kappa shape index (κ3) is 7.52. The first-order valence-electron chi connectivity index (χ1n) is 13.3. The van der Waals surface area contributed by atoms with Crippen molar-refractivity contribution in [2.75, 3.05) is 42.9 Å². The molecule has 1 unspecified atom stereocenters. The van der Waals surface area contributed by atoms with Gasteiger partial charge in [-0.05, 0) is 44.9 Å². The van der Waals surface area contributed by atoms with Crippen molar-refractivity contribution in [1.82, 2.24) is 25.3 Å². The number of unbranched alkanes of at least 4 members (excludes halogenated alkanes) is 2. The number of anilines is 3. The van der Waals surface area contributed by atoms with Crippen LogP contribution in [-0.4, -0.2) is 76.0 Å². The predicted molar refractivity (Wildman–Crippen MR) is 158 cm³/mol. The number of hydroxylamine groups is 1. The molecule has 1 aromatic carbocycles. The molecule has 5 N–H and O–H groups in total. The van der Waals surface area contributed by atoms with Gasteiger partial charge in [-0.15, -0.1) is 0 Å². The van der Waals surface area contributed by atoms with Gasteiger partial charge in [-0.25, -0.2) is 15.0 Å². The van der Waals surface area contributed by atoms with Gasteiger partial charge in [-0.1, -0.05) is 47.9 Å². The number of thiazole rings is 1. The summed E-state index contributed by atoms with van der Waals surface area (Å²) in [4.78, 5) is 41.9. The fourth-order valence-electron chi connectivity index (χ4n) is 4.77. The highest BCUT2D eigenvalue weighted by molar-refractivity contribution is 7.18. The van der Waals surface area contributed by atoms with Crippen LogP contribution in [0.15, 0.2) is 24.3 Å². The molecule has 3 heterocycles. The number of nitrogens with one attached hydrogen (secondary N) is 2. The van der Waals surface area contributed by atoms with Gasteiger partial charge in [0.1, 0.15) is 28.6 Å². The van der Waals surface area contributed by atoms with Gasteiger partial charge in [0.2, 0.25) is 0 Å². The Morgan fingerprint density at radius 1 is 1.18 bits per heavy atom. The molecular weight excluding hydrogens is 552 g/mol. The van der Waals surface area contributed by atoms with Gasteiger partial charge in [-0.2, -0.15) is 5.48 Å². The number of hydrogen-bond donors (Lipinski definition) is 4. The highest BCUT2D eigenvalue weighted by Gasteiger charge is 2.22. The minimum absolute atomic E-state index is 0.328. The molecule has 3 aromatic rings. The van der Waals surface area contributed by atoms with Crippen LogP contribution in [0.3, 0.4) is 0 Å². The van der Waals surface area contributed by atoms with Crippen LogP contribution >= 0.6 is 22.9 Å². The molecule has 1 fully saturated rings. The molecule has 0 aliphatic carbocycles. The number of aryl methyl sites for hydroxylation is 2. The highest BCUT2D eigenvalue weighted by atomic mass is 35.5. The van der Waals surface area contributed by atoms with Crippen LogP contribution in [0, 0.1) is 13.8 Å². The molecule has 11 nitrogen and oxygen atoms in total. The molecule has 1 atom stereocenters. The predicted octanol–water partition coefficient (Wildman–Crippen LogP) is 3.94. The summed E-state index contributed by atoms with van der Waals surface area (Å²) in [5.41, 5.74) is 9.76. The van der Waals surface area contributed by atoms with Crippen molar-refractivity contribution in [2.45, 2.75) is 45.6 Å². The quantitative estimate of drug-likeness (QED) is 0.132. The minimum Gasteiger partial charge on any atom is -0.365 e. The van der Waals surface area contributed by atoms with Crippen LogP contribution < -0.4 is 21.4 Å². The molecule has 1 aliphatic rings. The maximum absolute atomic E-state index is 12.2. The summed E-state index contributed by atoms with van der Waals surface area (Å²) in [6.45, 7) is 8.31. The first kappa shape index (κ1) is 29.8. The average Bonchev–Trinajstić information content (AvgIpc) is 3.34. The smallest absolute Gasteiger partial charge is 0.261 e. The minimum atomic E-state index is -0.565. The van der Waals surface area contributed by atoms with Crippen LogP contribution in [0.5, 0.6) is 0 Å². The Bertz CT molecular complexity index is 1310. The molecule has 0 spiro atoms. The molecule has 214 valence electrons. The number of nitrogens with two attached hydrogens (primary N) is 1. The molecule has 1 amide bonds. The van der Waals surface area contributed by atoms with Crippen LogP contribution in [0.1, 0.15) is 46.7 Å². The fourth-order valence-corrected chi connectivity index (χ4v) is 5.91. The number of carbonyl (C=O) groups is 2. The number of hydrogen-bond acceptors (Lipinski definition) is 11. The summed E-state index contributed by atoms with van der Waals surface area (Å²) in [6, 6.07) is 6.95. The molecule has 2 aromatic heterocycles. The van der Waals surface area contributed by atoms with Crippen molar-refractivity contribution in [3.05, 3.63) is 45.6 Å². The largest absolute Gasteiger partial charge is 0.365 e. The lowest BCUT2D eigenvalue weighted by Gasteiger charge is -2.35. The van der Waals surface area contributed by atoms with Crippen molar-refractivity contribution in [2.24, 2.45) is 5.73 Å². The lowest BCUT2D eigenvalue weighted by molar-refractivity contribution is -0.112. The van der Waals surface area contributed by atoms with Crippen molar-refractivity contribution in [1.29, 1.82) is 0 Å². The highest BCUT2D eigenvalue weighted by Crippen LogP contribution is 2.37. The van der Waals surface area contributed by atoms with Gasteiger partial charge in [-0.3, -0.25) is 9.69 Å². The second-order valence-electron chi connectivity index (χ2n) is 9.83. The number of rotatable bonds is 13. The van der Waals surface area contributed by atoms with Gasteiger partial charge < -0.3 is 26.0 Å². The van der Waals surface area contributed by atoms with E-state index in [1.807, 2.05) is 37.5 Å². The van der Waals surface area contributed by atoms with E-state index >= 15 is 0 Å². The van der Waals surface area contributed by atoms with E-state index in [4.69, 9.17) is 22.5 Å². The monoisotopic (exact) mass is 586 g/mol. The summed E-state index contributed by atoms with van der Waals surface area (Å²) < 4.78 is 0. The van der Waals surface area contributed by atoms with Crippen molar-refractivity contribution >= 4 is 51.9 Å². The number of aromatic nitrogens is 3. The summed E-state index contributed by atoms with van der Waals surface area (Å²) >= 11 is 7.62. The number of piperazine rings is 1. The molecule has 0 radical (unpaired) electrons. The van der Waals surface area contributed by atoms with Gasteiger partial charge in [0.05, 0.1) is 16.8 Å². The van der Waals surface area contributed by atoms with Gasteiger partial charge in [0, 0.05) is 37.8 Å². The zero-order valence-electron chi connectivity index (χ0n) is 22.7. The maximum Gasteiger partial charge on any atom is 0.261 e. The third-order valence-corrected chi connectivity index (χ3v) is 8.19. The lowest BCUT2D eigenvalue weighted by atomic mass is 10.0. The first-order valence-corrected chi connectivity index (χ1v) is 14.5. The van der Waals surface area contributed by atoms with Crippen LogP contribution in [0.25, 0.3) is 11.3 Å². The van der Waals surface area contributed by atoms with Crippen LogP contribution in [-0.2, 0) is 4.79 Å². The number of benzene rings is 1. The summed E-state index contributed by atoms with van der Waals surface area (Å²) in [5, 5.41) is 13.1. The molecule has 0 saturated carbocycles. The second-order valence-corrected chi connectivity index (χ2v) is 11.2. The molecule has 1 aliphatic heterocycles. The Morgan fingerprint density at radius 3 is 2.62 bits per heavy atom. The molecule has 4 rings (SSSR count). The number of nitrogens with zero attached hydrogens (tertiary/aromatic N) is 5. The Labute approximate surface area is 242 Å². The average molecular weight is 587 g/mol. The van der Waals surface area contributed by atoms with Crippen LogP contribution in [0.4, 0.5) is 16.8 Å². The first-order chi connectivity index (χ1) is 19.3. The Morgan fingerprint density at radius 2 is 1.95 bits per heavy atom. The van der Waals surface area contributed by atoms with E-state index in [1.54, 1.807) is 6.07 Å². The maximum atomic E-state index is 12.2. The lowest BCUT2D eigenvalue weighted by Crippen LogP contribution is -2.47. The van der Waals surface area contributed by atoms with E-state index in [1.165, 1.54) is 11.3 Å². The van der Waals surface area contributed by atoms with Gasteiger partial charge >= 0.3 is 0 Å². The van der Waals surface area contributed by atoms with Crippen molar-refractivity contribution < 1.29 is 14.8 Å². The summed E-state index contributed by atoms with van der Waals surface area (Å²) in [6.07, 6.45) is 4.34. The zero-order valence-corrected chi connectivity index (χ0v) is 24.3. The zero-order chi connectivity index (χ0) is 28.6. The summed E-state index contributed by atoms with van der Waals surface area (Å²) in [7, 11) is 0. The van der Waals surface area contributed by atoms with E-state index in [2.05, 4.69) is 30.1 Å². The van der Waals surface area contributed by atoms with E-state index in [-0.39, 0.29) is 0 Å². The molecule has 13 heteroatoms. The molecule has 40 heavy (non-hydrogen) atoms. The van der Waals surface area contributed by atoms with E-state index < -0.39 is 11.9 Å². The van der Waals surface area contributed by atoms with E-state index in [0.717, 1.165) is 69.7 Å².